The van der Waals surface area contributed by atoms with Crippen molar-refractivity contribution in [1.82, 2.24) is 10.2 Å². The predicted molar refractivity (Wildman–Crippen MR) is 60.3 cm³/mol. The number of carbonyl (C=O) groups is 1. The van der Waals surface area contributed by atoms with Gasteiger partial charge in [-0.05, 0) is 31.1 Å². The van der Waals surface area contributed by atoms with Crippen molar-refractivity contribution in [3.63, 3.8) is 0 Å². The van der Waals surface area contributed by atoms with Crippen LogP contribution in [0.3, 0.4) is 0 Å². The van der Waals surface area contributed by atoms with Crippen LogP contribution in [0.2, 0.25) is 0 Å². The van der Waals surface area contributed by atoms with Gasteiger partial charge < -0.3 is 10.4 Å². The summed E-state index contributed by atoms with van der Waals surface area (Å²) in [4.78, 5) is 14.0. The Morgan fingerprint density at radius 1 is 1.31 bits per heavy atom. The molecule has 4 heteroatoms. The minimum atomic E-state index is -0.568. The number of rotatable bonds is 2. The quantitative estimate of drug-likeness (QED) is 0.718. The van der Waals surface area contributed by atoms with Gasteiger partial charge in [0.25, 0.3) is 0 Å². The predicted octanol–water partition coefficient (Wildman–Crippen LogP) is 0.535. The highest BCUT2D eigenvalue weighted by molar-refractivity contribution is 5.80. The van der Waals surface area contributed by atoms with Crippen LogP contribution in [0.25, 0.3) is 0 Å². The zero-order valence-corrected chi connectivity index (χ0v) is 9.61. The molecule has 2 saturated carbocycles. The van der Waals surface area contributed by atoms with E-state index in [0.29, 0.717) is 11.8 Å². The lowest BCUT2D eigenvalue weighted by atomic mass is 9.79. The zero-order chi connectivity index (χ0) is 11.2. The van der Waals surface area contributed by atoms with Gasteiger partial charge in [-0.25, -0.2) is 0 Å². The fraction of sp³-hybridized carbons (Fsp3) is 0.917. The molecule has 0 amide bonds. The van der Waals surface area contributed by atoms with Gasteiger partial charge in [-0.15, -0.1) is 0 Å². The summed E-state index contributed by atoms with van der Waals surface area (Å²) in [5.41, 5.74) is -0.509. The fourth-order valence-electron chi connectivity index (χ4n) is 4.15. The summed E-state index contributed by atoms with van der Waals surface area (Å²) in [7, 11) is 0. The maximum atomic E-state index is 11.8. The van der Waals surface area contributed by atoms with E-state index >= 15 is 0 Å². The summed E-state index contributed by atoms with van der Waals surface area (Å²) in [5.74, 6) is 0.519. The van der Waals surface area contributed by atoms with Crippen molar-refractivity contribution in [1.29, 1.82) is 0 Å². The average Bonchev–Trinajstić information content (AvgIpc) is 2.90. The number of carboxylic acid groups (broad SMARTS) is 1. The fourth-order valence-corrected chi connectivity index (χ4v) is 4.15. The number of nitrogens with one attached hydrogen (secondary N) is 1. The largest absolute Gasteiger partial charge is 0.480 e. The van der Waals surface area contributed by atoms with Crippen molar-refractivity contribution in [2.75, 3.05) is 26.2 Å². The van der Waals surface area contributed by atoms with Crippen LogP contribution in [0.5, 0.6) is 0 Å². The number of piperazine rings is 1. The first-order chi connectivity index (χ1) is 7.73. The molecule has 3 atom stereocenters. The van der Waals surface area contributed by atoms with Crippen LogP contribution in [-0.4, -0.2) is 47.7 Å². The molecule has 0 aromatic carbocycles. The van der Waals surface area contributed by atoms with E-state index in [0.717, 1.165) is 45.4 Å². The van der Waals surface area contributed by atoms with Gasteiger partial charge >= 0.3 is 5.97 Å². The first-order valence-electron chi connectivity index (χ1n) is 6.42. The molecule has 90 valence electrons. The van der Waals surface area contributed by atoms with Gasteiger partial charge in [-0.2, -0.15) is 0 Å². The van der Waals surface area contributed by atoms with Crippen LogP contribution < -0.4 is 5.32 Å². The topological polar surface area (TPSA) is 52.6 Å². The molecule has 3 rings (SSSR count). The summed E-state index contributed by atoms with van der Waals surface area (Å²) in [5, 5.41) is 13.0. The summed E-state index contributed by atoms with van der Waals surface area (Å²) < 4.78 is 0. The first-order valence-corrected chi connectivity index (χ1v) is 6.42. The third-order valence-electron chi connectivity index (χ3n) is 4.87. The Morgan fingerprint density at radius 2 is 2.06 bits per heavy atom. The van der Waals surface area contributed by atoms with E-state index in [-0.39, 0.29) is 0 Å². The molecule has 3 unspecified atom stereocenters. The Kier molecular flexibility index (Phi) is 2.44. The molecule has 0 spiro atoms. The Hall–Kier alpha value is -0.610. The van der Waals surface area contributed by atoms with Crippen molar-refractivity contribution in [2.24, 2.45) is 11.8 Å². The standard InChI is InChI=1S/C12H20N2O2/c15-11(16)12(14-5-3-13-4-6-14)8-9-1-2-10(12)7-9/h9-10,13H,1-8H2,(H,15,16). The smallest absolute Gasteiger partial charge is 0.324 e. The highest BCUT2D eigenvalue weighted by Gasteiger charge is 2.58. The van der Waals surface area contributed by atoms with E-state index in [1.807, 2.05) is 0 Å². The Bertz CT molecular complexity index is 301. The van der Waals surface area contributed by atoms with Crippen molar-refractivity contribution in [3.8, 4) is 0 Å². The molecule has 2 bridgehead atoms. The third kappa shape index (κ3) is 1.32. The van der Waals surface area contributed by atoms with Crippen molar-refractivity contribution < 1.29 is 9.90 Å². The van der Waals surface area contributed by atoms with E-state index in [2.05, 4.69) is 10.2 Å². The van der Waals surface area contributed by atoms with Crippen molar-refractivity contribution in [3.05, 3.63) is 0 Å². The SMILES string of the molecule is O=C(O)C1(N2CCNCC2)CC2CCC1C2. The zero-order valence-electron chi connectivity index (χ0n) is 9.61. The molecule has 1 saturated heterocycles. The van der Waals surface area contributed by atoms with Gasteiger partial charge in [0.15, 0.2) is 0 Å². The van der Waals surface area contributed by atoms with Gasteiger partial charge in [0.1, 0.15) is 5.54 Å². The van der Waals surface area contributed by atoms with Crippen LogP contribution in [0.15, 0.2) is 0 Å². The number of hydrogen-bond acceptors (Lipinski definition) is 3. The lowest BCUT2D eigenvalue weighted by molar-refractivity contribution is -0.156. The molecule has 3 aliphatic rings. The molecule has 0 radical (unpaired) electrons. The van der Waals surface area contributed by atoms with E-state index in [4.69, 9.17) is 0 Å². The van der Waals surface area contributed by atoms with E-state index in [9.17, 15) is 9.90 Å². The number of hydrogen-bond donors (Lipinski definition) is 2. The molecule has 3 fully saturated rings. The van der Waals surface area contributed by atoms with Crippen LogP contribution >= 0.6 is 0 Å². The van der Waals surface area contributed by atoms with Crippen LogP contribution in [-0.2, 0) is 4.79 Å². The molecule has 2 aliphatic carbocycles. The van der Waals surface area contributed by atoms with E-state index in [1.54, 1.807) is 0 Å². The highest BCUT2D eigenvalue weighted by Crippen LogP contribution is 2.53. The Balaban J connectivity index is 1.88. The molecule has 1 aliphatic heterocycles. The van der Waals surface area contributed by atoms with Gasteiger partial charge in [-0.1, -0.05) is 6.42 Å². The number of carboxylic acids is 1. The molecule has 0 aromatic rings. The Labute approximate surface area is 96.0 Å². The molecular weight excluding hydrogens is 204 g/mol. The van der Waals surface area contributed by atoms with Gasteiger partial charge in [0, 0.05) is 26.2 Å². The Morgan fingerprint density at radius 3 is 2.56 bits per heavy atom. The van der Waals surface area contributed by atoms with Crippen LogP contribution in [0.1, 0.15) is 25.7 Å². The molecular formula is C12H20N2O2. The first kappa shape index (κ1) is 10.5. The maximum Gasteiger partial charge on any atom is 0.324 e. The van der Waals surface area contributed by atoms with Gasteiger partial charge in [0.05, 0.1) is 0 Å². The highest BCUT2D eigenvalue weighted by atomic mass is 16.4. The molecule has 2 N–H and O–H groups in total. The normalized spacial score (nSPS) is 43.8. The number of aliphatic carboxylic acids is 1. The second-order valence-electron chi connectivity index (χ2n) is 5.55. The third-order valence-corrected chi connectivity index (χ3v) is 4.87. The maximum absolute atomic E-state index is 11.8. The van der Waals surface area contributed by atoms with Crippen molar-refractivity contribution >= 4 is 5.97 Å². The lowest BCUT2D eigenvalue weighted by Crippen LogP contribution is -2.62. The average molecular weight is 224 g/mol. The summed E-state index contributed by atoms with van der Waals surface area (Å²) >= 11 is 0. The van der Waals surface area contributed by atoms with E-state index in [1.165, 1.54) is 6.42 Å². The lowest BCUT2D eigenvalue weighted by Gasteiger charge is -2.45. The molecule has 0 aromatic heterocycles. The summed E-state index contributed by atoms with van der Waals surface area (Å²) in [6.07, 6.45) is 4.43. The van der Waals surface area contributed by atoms with Gasteiger partial charge in [-0.3, -0.25) is 9.69 Å². The van der Waals surface area contributed by atoms with Crippen molar-refractivity contribution in [2.45, 2.75) is 31.2 Å². The van der Waals surface area contributed by atoms with Gasteiger partial charge in [0.2, 0.25) is 0 Å². The second-order valence-corrected chi connectivity index (χ2v) is 5.55. The summed E-state index contributed by atoms with van der Waals surface area (Å²) in [6.45, 7) is 3.67. The minimum Gasteiger partial charge on any atom is -0.480 e. The second kappa shape index (κ2) is 3.70. The number of fused-ring (bicyclic) bond motifs is 2. The van der Waals surface area contributed by atoms with E-state index < -0.39 is 11.5 Å². The number of nitrogens with zero attached hydrogens (tertiary/aromatic N) is 1. The molecule has 16 heavy (non-hydrogen) atoms. The van der Waals surface area contributed by atoms with Crippen LogP contribution in [0, 0.1) is 11.8 Å². The molecule has 1 heterocycles. The summed E-state index contributed by atoms with van der Waals surface area (Å²) in [6, 6.07) is 0. The molecule has 4 nitrogen and oxygen atoms in total. The monoisotopic (exact) mass is 224 g/mol. The minimum absolute atomic E-state index is 0.410. The van der Waals surface area contributed by atoms with Crippen LogP contribution in [0.4, 0.5) is 0 Å².